The number of alkyl halides is 1. The number of amides is 1. The number of fused-ring (bicyclic) bond motifs is 1. The Balaban J connectivity index is 1.76. The van der Waals surface area contributed by atoms with Gasteiger partial charge in [-0.2, -0.15) is 0 Å². The number of methoxy groups -OCH3 is 1. The molecule has 9 nitrogen and oxygen atoms in total. The minimum absolute atomic E-state index is 0.0592. The number of nitrogens with zero attached hydrogens (tertiary/aromatic N) is 1. The molecule has 0 spiro atoms. The molecule has 1 amide bonds. The number of hydrogen-bond acceptors (Lipinski definition) is 7. The molecule has 3 aromatic carbocycles. The summed E-state index contributed by atoms with van der Waals surface area (Å²) >= 11 is 3.20. The number of hydroxylamine groups is 1. The predicted octanol–water partition coefficient (Wildman–Crippen LogP) is 4.66. The van der Waals surface area contributed by atoms with Crippen LogP contribution in [-0.2, 0) is 24.4 Å². The summed E-state index contributed by atoms with van der Waals surface area (Å²) < 4.78 is 31.3. The van der Waals surface area contributed by atoms with Crippen molar-refractivity contribution in [3.8, 4) is 0 Å². The molecule has 11 heteroatoms. The average Bonchev–Trinajstić information content (AvgIpc) is 3.24. The number of halogens is 1. The van der Waals surface area contributed by atoms with Crippen molar-refractivity contribution in [2.75, 3.05) is 36.7 Å². The van der Waals surface area contributed by atoms with Crippen molar-refractivity contribution in [3.63, 3.8) is 0 Å². The van der Waals surface area contributed by atoms with Gasteiger partial charge in [0.1, 0.15) is 0 Å². The third kappa shape index (κ3) is 5.51. The molecule has 0 fully saturated rings. The van der Waals surface area contributed by atoms with Crippen LogP contribution >= 0.6 is 15.9 Å². The highest BCUT2D eigenvalue weighted by Crippen LogP contribution is 2.39. The lowest BCUT2D eigenvalue weighted by Crippen LogP contribution is -2.28. The molecule has 2 N–H and O–H groups in total. The number of carbonyl (C=O) groups excluding carboxylic acids is 2. The smallest absolute Gasteiger partial charge is 0.338 e. The molecule has 0 aromatic heterocycles. The summed E-state index contributed by atoms with van der Waals surface area (Å²) in [5, 5.41) is 6.63. The first-order chi connectivity index (χ1) is 18.2. The maximum Gasteiger partial charge on any atom is 0.338 e. The minimum atomic E-state index is -3.84. The van der Waals surface area contributed by atoms with Gasteiger partial charge in [-0.1, -0.05) is 50.7 Å². The first kappa shape index (κ1) is 27.5. The van der Waals surface area contributed by atoms with Crippen molar-refractivity contribution in [2.45, 2.75) is 11.8 Å². The summed E-state index contributed by atoms with van der Waals surface area (Å²) in [6.07, 6.45) is 0. The van der Waals surface area contributed by atoms with Crippen LogP contribution in [0.25, 0.3) is 11.3 Å². The van der Waals surface area contributed by atoms with Crippen LogP contribution in [0.5, 0.6) is 0 Å². The van der Waals surface area contributed by atoms with Gasteiger partial charge in [-0.3, -0.25) is 9.63 Å². The zero-order chi connectivity index (χ0) is 27.4. The number of aryl methyl sites for hydroxylation is 1. The number of carbonyl (C=O) groups is 2. The Kier molecular flexibility index (Phi) is 8.32. The van der Waals surface area contributed by atoms with E-state index in [9.17, 15) is 18.0 Å². The van der Waals surface area contributed by atoms with E-state index in [0.29, 0.717) is 44.7 Å². The molecule has 0 bridgehead atoms. The van der Waals surface area contributed by atoms with Crippen LogP contribution in [0.15, 0.2) is 71.6 Å². The number of esters is 1. The topological polar surface area (TPSA) is 114 Å². The minimum Gasteiger partial charge on any atom is -0.465 e. The molecule has 0 saturated carbocycles. The van der Waals surface area contributed by atoms with E-state index in [1.807, 2.05) is 30.3 Å². The van der Waals surface area contributed by atoms with Gasteiger partial charge in [0.05, 0.1) is 41.1 Å². The van der Waals surface area contributed by atoms with Crippen LogP contribution in [-0.4, -0.2) is 50.9 Å². The Morgan fingerprint density at radius 3 is 2.39 bits per heavy atom. The van der Waals surface area contributed by atoms with Gasteiger partial charge in [-0.05, 0) is 54.4 Å². The first-order valence-electron chi connectivity index (χ1n) is 11.6. The van der Waals surface area contributed by atoms with E-state index in [2.05, 4.69) is 26.6 Å². The third-order valence-electron chi connectivity index (χ3n) is 5.94. The lowest BCUT2D eigenvalue weighted by Gasteiger charge is -2.18. The summed E-state index contributed by atoms with van der Waals surface area (Å²) in [7, 11) is -1.20. The fourth-order valence-electron chi connectivity index (χ4n) is 4.02. The fraction of sp³-hybridized carbons (Fsp3) is 0.185. The van der Waals surface area contributed by atoms with E-state index in [1.54, 1.807) is 31.2 Å². The Labute approximate surface area is 229 Å². The van der Waals surface area contributed by atoms with Crippen molar-refractivity contribution < 1.29 is 27.6 Å². The molecule has 4 rings (SSSR count). The lowest BCUT2D eigenvalue weighted by molar-refractivity contribution is -0.110. The van der Waals surface area contributed by atoms with Gasteiger partial charge < -0.3 is 15.4 Å². The Morgan fingerprint density at radius 2 is 1.76 bits per heavy atom. The van der Waals surface area contributed by atoms with Crippen molar-refractivity contribution in [3.05, 3.63) is 89.0 Å². The maximum absolute atomic E-state index is 13.2. The molecule has 198 valence electrons. The van der Waals surface area contributed by atoms with Crippen molar-refractivity contribution in [2.24, 2.45) is 0 Å². The van der Waals surface area contributed by atoms with E-state index < -0.39 is 16.0 Å². The number of hydrogen-bond donors (Lipinski definition) is 2. The highest BCUT2D eigenvalue weighted by molar-refractivity contribution is 9.09. The quantitative estimate of drug-likeness (QED) is 0.159. The molecule has 0 saturated heterocycles. The molecule has 1 heterocycles. The Hall–Kier alpha value is -3.51. The second kappa shape index (κ2) is 11.5. The van der Waals surface area contributed by atoms with Crippen LogP contribution in [0.1, 0.15) is 27.0 Å². The highest BCUT2D eigenvalue weighted by atomic mass is 79.9. The normalized spacial score (nSPS) is 14.2. The summed E-state index contributed by atoms with van der Waals surface area (Å²) in [6, 6.07) is 18.9. The Morgan fingerprint density at radius 1 is 1.08 bits per heavy atom. The molecule has 1 aliphatic rings. The number of anilines is 2. The van der Waals surface area contributed by atoms with Crippen molar-refractivity contribution in [1.29, 1.82) is 0 Å². The predicted molar refractivity (Wildman–Crippen MR) is 149 cm³/mol. The maximum atomic E-state index is 13.2. The molecule has 1 aliphatic heterocycles. The number of ether oxygens (including phenoxy) is 1. The second-order valence-electron chi connectivity index (χ2n) is 8.36. The van der Waals surface area contributed by atoms with Gasteiger partial charge in [0.25, 0.3) is 15.9 Å². The molecule has 0 aliphatic carbocycles. The first-order valence-corrected chi connectivity index (χ1v) is 14.1. The van der Waals surface area contributed by atoms with Crippen LogP contribution in [0.4, 0.5) is 11.4 Å². The molecule has 38 heavy (non-hydrogen) atoms. The van der Waals surface area contributed by atoms with Crippen LogP contribution in [0.2, 0.25) is 0 Å². The molecular formula is C27H26BrN3O6S. The Bertz CT molecular complexity index is 1510. The largest absolute Gasteiger partial charge is 0.465 e. The fourth-order valence-corrected chi connectivity index (χ4v) is 5.16. The van der Waals surface area contributed by atoms with Gasteiger partial charge in [0.2, 0.25) is 0 Å². The zero-order valence-corrected chi connectivity index (χ0v) is 23.4. The monoisotopic (exact) mass is 599 g/mol. The number of nitrogens with one attached hydrogen (secondary N) is 2. The van der Waals surface area contributed by atoms with Gasteiger partial charge in [0, 0.05) is 23.6 Å². The van der Waals surface area contributed by atoms with Gasteiger partial charge in [0.15, 0.2) is 0 Å². The molecule has 0 unspecified atom stereocenters. The molecule has 0 atom stereocenters. The standard InChI is InChI=1S/C27H26BrN3O6S/c1-17-15-22-23(16-21(17)27(33)36-3)30-26(32)24(22)25(18-7-5-4-6-8-18)29-19-9-11-20(12-10-19)38(34,35)31(2)37-14-13-28/h4-12,15-16,29H,13-14H2,1-3H3,(H,30,32)/b25-24-. The van der Waals surface area contributed by atoms with Crippen LogP contribution in [0.3, 0.4) is 0 Å². The number of sulfonamides is 1. The van der Waals surface area contributed by atoms with Gasteiger partial charge in [-0.25, -0.2) is 13.2 Å². The van der Waals surface area contributed by atoms with Crippen molar-refractivity contribution in [1.82, 2.24) is 4.47 Å². The SMILES string of the molecule is COC(=O)c1cc2c(cc1C)/C(=C(/Nc1ccc(S(=O)(=O)N(C)OCCBr)cc1)c1ccccc1)C(=O)N2. The summed E-state index contributed by atoms with van der Waals surface area (Å²) in [5.41, 5.74) is 4.41. The summed E-state index contributed by atoms with van der Waals surface area (Å²) in [4.78, 5) is 30.7. The van der Waals surface area contributed by atoms with Gasteiger partial charge >= 0.3 is 5.97 Å². The van der Waals surface area contributed by atoms with Crippen LogP contribution < -0.4 is 10.6 Å². The van der Waals surface area contributed by atoms with E-state index in [4.69, 9.17) is 9.57 Å². The average molecular weight is 600 g/mol. The van der Waals surface area contributed by atoms with Crippen LogP contribution in [0, 0.1) is 6.92 Å². The zero-order valence-electron chi connectivity index (χ0n) is 20.9. The second-order valence-corrected chi connectivity index (χ2v) is 11.1. The number of rotatable bonds is 9. The molecule has 0 radical (unpaired) electrons. The van der Waals surface area contributed by atoms with E-state index in [0.717, 1.165) is 10.0 Å². The molecule has 3 aromatic rings. The summed E-state index contributed by atoms with van der Waals surface area (Å²) in [6.45, 7) is 1.98. The van der Waals surface area contributed by atoms with Gasteiger partial charge in [-0.15, -0.1) is 0 Å². The highest BCUT2D eigenvalue weighted by Gasteiger charge is 2.30. The lowest BCUT2D eigenvalue weighted by atomic mass is 9.96. The van der Waals surface area contributed by atoms with E-state index in [1.165, 1.54) is 26.3 Å². The summed E-state index contributed by atoms with van der Waals surface area (Å²) in [5.74, 6) is -0.825. The number of benzene rings is 3. The van der Waals surface area contributed by atoms with E-state index >= 15 is 0 Å². The molecular weight excluding hydrogens is 574 g/mol. The third-order valence-corrected chi connectivity index (χ3v) is 7.91. The van der Waals surface area contributed by atoms with Crippen molar-refractivity contribution >= 4 is 60.5 Å². The van der Waals surface area contributed by atoms with E-state index in [-0.39, 0.29) is 17.4 Å².